The van der Waals surface area contributed by atoms with Crippen LogP contribution in [0.4, 0.5) is 5.69 Å². The summed E-state index contributed by atoms with van der Waals surface area (Å²) in [5.41, 5.74) is 3.75. The number of anilines is 1. The molecule has 0 unspecified atom stereocenters. The Morgan fingerprint density at radius 2 is 1.61 bits per heavy atom. The van der Waals surface area contributed by atoms with Gasteiger partial charge in [-0.1, -0.05) is 42.5 Å². The van der Waals surface area contributed by atoms with E-state index in [2.05, 4.69) is 77.8 Å². The van der Waals surface area contributed by atoms with Crippen molar-refractivity contribution in [3.05, 3.63) is 67.0 Å². The van der Waals surface area contributed by atoms with E-state index in [0.29, 0.717) is 0 Å². The second-order valence-corrected chi connectivity index (χ2v) is 4.58. The van der Waals surface area contributed by atoms with Gasteiger partial charge in [0, 0.05) is 25.1 Å². The van der Waals surface area contributed by atoms with Crippen LogP contribution in [0.15, 0.2) is 67.0 Å². The van der Waals surface area contributed by atoms with Gasteiger partial charge in [-0.25, -0.2) is 0 Å². The van der Waals surface area contributed by atoms with Crippen molar-refractivity contribution in [2.24, 2.45) is 0 Å². The molecule has 0 saturated carbocycles. The summed E-state index contributed by atoms with van der Waals surface area (Å²) in [6.07, 6.45) is 4.21. The SMILES string of the molecule is CN1C=CN(c2cccc(-c3ccccc3)c2)C1. The second-order valence-electron chi connectivity index (χ2n) is 4.58. The van der Waals surface area contributed by atoms with Gasteiger partial charge >= 0.3 is 0 Å². The molecule has 0 fully saturated rings. The molecule has 0 N–H and O–H groups in total. The van der Waals surface area contributed by atoms with Crippen LogP contribution in [0, 0.1) is 0 Å². The van der Waals surface area contributed by atoms with E-state index in [4.69, 9.17) is 0 Å². The molecule has 2 aromatic carbocycles. The highest BCUT2D eigenvalue weighted by Crippen LogP contribution is 2.26. The number of hydrogen-bond acceptors (Lipinski definition) is 2. The van der Waals surface area contributed by atoms with Crippen molar-refractivity contribution in [2.45, 2.75) is 0 Å². The van der Waals surface area contributed by atoms with Crippen molar-refractivity contribution in [2.75, 3.05) is 18.6 Å². The molecule has 1 aliphatic rings. The third-order valence-corrected chi connectivity index (χ3v) is 3.16. The Balaban J connectivity index is 1.93. The molecule has 0 spiro atoms. The Morgan fingerprint density at radius 1 is 0.833 bits per heavy atom. The molecule has 0 saturated heterocycles. The van der Waals surface area contributed by atoms with Crippen molar-refractivity contribution >= 4 is 5.69 Å². The molecule has 0 atom stereocenters. The lowest BCUT2D eigenvalue weighted by Crippen LogP contribution is -2.21. The molecule has 0 aliphatic carbocycles. The van der Waals surface area contributed by atoms with Gasteiger partial charge in [-0.3, -0.25) is 0 Å². The van der Waals surface area contributed by atoms with Gasteiger partial charge in [0.2, 0.25) is 0 Å². The molecule has 18 heavy (non-hydrogen) atoms. The Labute approximate surface area is 108 Å². The van der Waals surface area contributed by atoms with Crippen LogP contribution in [0.5, 0.6) is 0 Å². The third-order valence-electron chi connectivity index (χ3n) is 3.16. The monoisotopic (exact) mass is 236 g/mol. The quantitative estimate of drug-likeness (QED) is 0.787. The highest BCUT2D eigenvalue weighted by Gasteiger charge is 2.10. The van der Waals surface area contributed by atoms with Gasteiger partial charge in [0.25, 0.3) is 0 Å². The van der Waals surface area contributed by atoms with E-state index in [-0.39, 0.29) is 0 Å². The van der Waals surface area contributed by atoms with Crippen LogP contribution in [-0.4, -0.2) is 18.6 Å². The highest BCUT2D eigenvalue weighted by atomic mass is 15.3. The first kappa shape index (κ1) is 10.9. The summed E-state index contributed by atoms with van der Waals surface area (Å²) < 4.78 is 0. The Morgan fingerprint density at radius 3 is 2.33 bits per heavy atom. The van der Waals surface area contributed by atoms with Crippen molar-refractivity contribution < 1.29 is 0 Å². The lowest BCUT2D eigenvalue weighted by molar-refractivity contribution is 0.496. The predicted molar refractivity (Wildman–Crippen MR) is 76.1 cm³/mol. The molecule has 0 radical (unpaired) electrons. The van der Waals surface area contributed by atoms with Crippen molar-refractivity contribution in [1.82, 2.24) is 4.90 Å². The summed E-state index contributed by atoms with van der Waals surface area (Å²) in [4.78, 5) is 4.40. The van der Waals surface area contributed by atoms with E-state index >= 15 is 0 Å². The minimum atomic E-state index is 0.915. The van der Waals surface area contributed by atoms with Crippen LogP contribution >= 0.6 is 0 Å². The van der Waals surface area contributed by atoms with E-state index in [1.807, 2.05) is 6.07 Å². The molecule has 1 heterocycles. The maximum Gasteiger partial charge on any atom is 0.0938 e. The van der Waals surface area contributed by atoms with E-state index in [0.717, 1.165) is 6.67 Å². The van der Waals surface area contributed by atoms with Crippen LogP contribution in [-0.2, 0) is 0 Å². The van der Waals surface area contributed by atoms with Crippen LogP contribution in [0.25, 0.3) is 11.1 Å². The lowest BCUT2D eigenvalue weighted by atomic mass is 10.1. The standard InChI is InChI=1S/C16H16N2/c1-17-10-11-18(13-17)16-9-5-8-15(12-16)14-6-3-2-4-7-14/h2-12H,13H2,1H3. The maximum atomic E-state index is 2.24. The molecule has 1 aliphatic heterocycles. The van der Waals surface area contributed by atoms with Crippen LogP contribution < -0.4 is 4.90 Å². The molecule has 0 bridgehead atoms. The van der Waals surface area contributed by atoms with E-state index < -0.39 is 0 Å². The summed E-state index contributed by atoms with van der Waals surface area (Å²) in [7, 11) is 2.08. The Kier molecular flexibility index (Phi) is 2.77. The summed E-state index contributed by atoms with van der Waals surface area (Å²) in [5.74, 6) is 0. The van der Waals surface area contributed by atoms with Gasteiger partial charge in [0.05, 0.1) is 6.67 Å². The minimum absolute atomic E-state index is 0.915. The van der Waals surface area contributed by atoms with Gasteiger partial charge in [-0.15, -0.1) is 0 Å². The fraction of sp³-hybridized carbons (Fsp3) is 0.125. The first-order valence-electron chi connectivity index (χ1n) is 6.14. The summed E-state index contributed by atoms with van der Waals surface area (Å²) >= 11 is 0. The smallest absolute Gasteiger partial charge is 0.0938 e. The van der Waals surface area contributed by atoms with Gasteiger partial charge in [-0.2, -0.15) is 0 Å². The fourth-order valence-corrected chi connectivity index (χ4v) is 2.19. The molecular formula is C16H16N2. The average Bonchev–Trinajstić information content (AvgIpc) is 2.87. The van der Waals surface area contributed by atoms with Gasteiger partial charge < -0.3 is 9.80 Å². The van der Waals surface area contributed by atoms with E-state index in [9.17, 15) is 0 Å². The number of nitrogens with zero attached hydrogens (tertiary/aromatic N) is 2. The van der Waals surface area contributed by atoms with Gasteiger partial charge in [0.1, 0.15) is 0 Å². The van der Waals surface area contributed by atoms with Gasteiger partial charge in [0.15, 0.2) is 0 Å². The number of benzene rings is 2. The van der Waals surface area contributed by atoms with Crippen LogP contribution in [0.3, 0.4) is 0 Å². The third kappa shape index (κ3) is 2.09. The fourth-order valence-electron chi connectivity index (χ4n) is 2.19. The normalized spacial score (nSPS) is 14.3. The van der Waals surface area contributed by atoms with Crippen molar-refractivity contribution in [1.29, 1.82) is 0 Å². The zero-order valence-corrected chi connectivity index (χ0v) is 10.5. The van der Waals surface area contributed by atoms with Crippen molar-refractivity contribution in [3.63, 3.8) is 0 Å². The lowest BCUT2D eigenvalue weighted by Gasteiger charge is -2.19. The first-order valence-corrected chi connectivity index (χ1v) is 6.14. The summed E-state index contributed by atoms with van der Waals surface area (Å²) in [6, 6.07) is 19.1. The number of rotatable bonds is 2. The predicted octanol–water partition coefficient (Wildman–Crippen LogP) is 3.53. The summed E-state index contributed by atoms with van der Waals surface area (Å²) in [6.45, 7) is 0.915. The van der Waals surface area contributed by atoms with E-state index in [1.54, 1.807) is 0 Å². The molecule has 90 valence electrons. The highest BCUT2D eigenvalue weighted by molar-refractivity contribution is 5.69. The minimum Gasteiger partial charge on any atom is -0.361 e. The van der Waals surface area contributed by atoms with E-state index in [1.165, 1.54) is 16.8 Å². The average molecular weight is 236 g/mol. The van der Waals surface area contributed by atoms with Crippen LogP contribution in [0.1, 0.15) is 0 Å². The molecule has 3 rings (SSSR count). The number of hydrogen-bond donors (Lipinski definition) is 0. The topological polar surface area (TPSA) is 6.48 Å². The Hall–Kier alpha value is -2.22. The molecule has 0 amide bonds. The largest absolute Gasteiger partial charge is 0.361 e. The van der Waals surface area contributed by atoms with Gasteiger partial charge in [-0.05, 0) is 23.3 Å². The zero-order valence-electron chi connectivity index (χ0n) is 10.5. The first-order chi connectivity index (χ1) is 8.83. The molecule has 2 heteroatoms. The maximum absolute atomic E-state index is 2.24. The molecule has 2 aromatic rings. The molecule has 0 aromatic heterocycles. The second kappa shape index (κ2) is 4.57. The molecular weight excluding hydrogens is 220 g/mol. The Bertz CT molecular complexity index is 560. The summed E-state index contributed by atoms with van der Waals surface area (Å²) in [5, 5.41) is 0. The van der Waals surface area contributed by atoms with Crippen LogP contribution in [0.2, 0.25) is 0 Å². The van der Waals surface area contributed by atoms with Crippen molar-refractivity contribution in [3.8, 4) is 11.1 Å². The molecule has 2 nitrogen and oxygen atoms in total. The zero-order chi connectivity index (χ0) is 12.4.